The molecule has 0 unspecified atom stereocenters. The molecular weight excluding hydrogens is 430 g/mol. The highest BCUT2D eigenvalue weighted by molar-refractivity contribution is 6.01. The van der Waals surface area contributed by atoms with E-state index in [1.54, 1.807) is 13.4 Å². The second-order valence-corrected chi connectivity index (χ2v) is 8.24. The van der Waals surface area contributed by atoms with Crippen molar-refractivity contribution in [1.82, 2.24) is 9.97 Å². The molecule has 7 heteroatoms. The smallest absolute Gasteiger partial charge is 0.231 e. The van der Waals surface area contributed by atoms with Crippen molar-refractivity contribution in [1.29, 1.82) is 0 Å². The summed E-state index contributed by atoms with van der Waals surface area (Å²) in [4.78, 5) is 11.8. The van der Waals surface area contributed by atoms with Crippen molar-refractivity contribution in [2.75, 3.05) is 20.6 Å². The van der Waals surface area contributed by atoms with Crippen molar-refractivity contribution < 1.29 is 18.9 Å². The fraction of sp³-hybridized carbons (Fsp3) is 0.111. The summed E-state index contributed by atoms with van der Waals surface area (Å²) in [5, 5.41) is 2.16. The standard InChI is InChI=1S/C27H19N3O4/c1-28-11-21-19(16-3-2-15-8-24-25(32-13-31-24)9-18(15)6-16)10-20(26-27(21)34-14-33-26)17-4-5-22-23(7-17)30-12-29-22/h2-12H,13-14H2,1H3,(H,29,30). The lowest BCUT2D eigenvalue weighted by atomic mass is 9.92. The van der Waals surface area contributed by atoms with Gasteiger partial charge in [-0.2, -0.15) is 0 Å². The van der Waals surface area contributed by atoms with Crippen molar-refractivity contribution in [3.05, 3.63) is 66.5 Å². The SMILES string of the molecule is CN=Cc1c(-c2ccc3cc4c(cc3c2)OCO4)cc(-c2ccc3nc[nH]c3c2)c2c1OCO2. The molecule has 7 nitrogen and oxygen atoms in total. The first-order valence-electron chi connectivity index (χ1n) is 10.9. The Morgan fingerprint density at radius 1 is 0.794 bits per heavy atom. The number of aromatic nitrogens is 2. The summed E-state index contributed by atoms with van der Waals surface area (Å²) in [5.41, 5.74) is 6.80. The number of aromatic amines is 1. The Morgan fingerprint density at radius 3 is 2.44 bits per heavy atom. The highest BCUT2D eigenvalue weighted by atomic mass is 16.7. The molecule has 166 valence electrons. The second-order valence-electron chi connectivity index (χ2n) is 8.24. The van der Waals surface area contributed by atoms with Crippen molar-refractivity contribution >= 4 is 28.0 Å². The number of hydrogen-bond donors (Lipinski definition) is 1. The number of imidazole rings is 1. The Bertz CT molecular complexity index is 1640. The van der Waals surface area contributed by atoms with E-state index in [0.29, 0.717) is 5.75 Å². The first-order chi connectivity index (χ1) is 16.8. The summed E-state index contributed by atoms with van der Waals surface area (Å²) in [5.74, 6) is 2.97. The maximum Gasteiger partial charge on any atom is 0.231 e. The van der Waals surface area contributed by atoms with E-state index in [9.17, 15) is 0 Å². The number of H-pyrrole nitrogens is 1. The molecule has 0 saturated carbocycles. The molecular formula is C27H19N3O4. The predicted molar refractivity (Wildman–Crippen MR) is 130 cm³/mol. The van der Waals surface area contributed by atoms with Gasteiger partial charge in [-0.25, -0.2) is 4.98 Å². The maximum absolute atomic E-state index is 5.96. The molecule has 0 fully saturated rings. The Morgan fingerprint density at radius 2 is 1.56 bits per heavy atom. The molecule has 0 spiro atoms. The third-order valence-electron chi connectivity index (χ3n) is 6.31. The van der Waals surface area contributed by atoms with Gasteiger partial charge in [0.1, 0.15) is 0 Å². The van der Waals surface area contributed by atoms with E-state index < -0.39 is 0 Å². The van der Waals surface area contributed by atoms with Crippen molar-refractivity contribution in [3.63, 3.8) is 0 Å². The number of benzene rings is 4. The van der Waals surface area contributed by atoms with Crippen molar-refractivity contribution in [3.8, 4) is 45.3 Å². The van der Waals surface area contributed by atoms with Crippen LogP contribution in [0.15, 0.2) is 65.9 Å². The Hall–Kier alpha value is -4.52. The molecule has 7 rings (SSSR count). The van der Waals surface area contributed by atoms with Gasteiger partial charge >= 0.3 is 0 Å². The Kier molecular flexibility index (Phi) is 4.05. The molecule has 34 heavy (non-hydrogen) atoms. The molecule has 1 N–H and O–H groups in total. The van der Waals surface area contributed by atoms with Gasteiger partial charge in [-0.05, 0) is 63.9 Å². The van der Waals surface area contributed by atoms with Crippen LogP contribution in [-0.2, 0) is 0 Å². The van der Waals surface area contributed by atoms with Crippen molar-refractivity contribution in [2.45, 2.75) is 0 Å². The van der Waals surface area contributed by atoms with E-state index in [1.807, 2.05) is 24.4 Å². The van der Waals surface area contributed by atoms with Crippen LogP contribution >= 0.6 is 0 Å². The summed E-state index contributed by atoms with van der Waals surface area (Å²) in [6.07, 6.45) is 3.53. The van der Waals surface area contributed by atoms with Crippen LogP contribution in [0.3, 0.4) is 0 Å². The monoisotopic (exact) mass is 449 g/mol. The molecule has 3 heterocycles. The lowest BCUT2D eigenvalue weighted by Gasteiger charge is -2.15. The number of hydrogen-bond acceptors (Lipinski definition) is 6. The van der Waals surface area contributed by atoms with Crippen LogP contribution in [0.25, 0.3) is 44.1 Å². The highest BCUT2D eigenvalue weighted by Crippen LogP contribution is 2.48. The molecule has 0 radical (unpaired) electrons. The molecule has 0 aliphatic carbocycles. The lowest BCUT2D eigenvalue weighted by molar-refractivity contribution is 0.174. The largest absolute Gasteiger partial charge is 0.454 e. The predicted octanol–water partition coefficient (Wildman–Crippen LogP) is 5.56. The number of ether oxygens (including phenoxy) is 4. The minimum absolute atomic E-state index is 0.170. The first-order valence-corrected chi connectivity index (χ1v) is 10.9. The zero-order valence-electron chi connectivity index (χ0n) is 18.3. The number of fused-ring (bicyclic) bond motifs is 4. The van der Waals surface area contributed by atoms with Crippen LogP contribution in [0.2, 0.25) is 0 Å². The lowest BCUT2D eigenvalue weighted by Crippen LogP contribution is -1.95. The van der Waals surface area contributed by atoms with Gasteiger partial charge in [0.05, 0.1) is 17.4 Å². The van der Waals surface area contributed by atoms with Gasteiger partial charge in [0.15, 0.2) is 23.0 Å². The second kappa shape index (κ2) is 7.25. The third kappa shape index (κ3) is 2.83. The average Bonchev–Trinajstić information content (AvgIpc) is 3.62. The minimum atomic E-state index is 0.170. The van der Waals surface area contributed by atoms with Gasteiger partial charge in [0.25, 0.3) is 0 Å². The fourth-order valence-electron chi connectivity index (χ4n) is 4.71. The van der Waals surface area contributed by atoms with Gasteiger partial charge in [0, 0.05) is 24.4 Å². The van der Waals surface area contributed by atoms with E-state index in [4.69, 9.17) is 18.9 Å². The highest BCUT2D eigenvalue weighted by Gasteiger charge is 2.26. The molecule has 2 aliphatic heterocycles. The van der Waals surface area contributed by atoms with Crippen LogP contribution in [-0.4, -0.2) is 36.8 Å². The van der Waals surface area contributed by atoms with E-state index in [-0.39, 0.29) is 13.6 Å². The summed E-state index contributed by atoms with van der Waals surface area (Å²) >= 11 is 0. The average molecular weight is 449 g/mol. The third-order valence-corrected chi connectivity index (χ3v) is 6.31. The zero-order chi connectivity index (χ0) is 22.6. The molecule has 0 atom stereocenters. The fourth-order valence-corrected chi connectivity index (χ4v) is 4.71. The van der Waals surface area contributed by atoms with E-state index in [0.717, 1.165) is 66.9 Å². The summed E-state index contributed by atoms with van der Waals surface area (Å²) in [6, 6.07) is 18.7. The Balaban J connectivity index is 1.47. The molecule has 0 bridgehead atoms. The number of aliphatic imine (C=N–C) groups is 1. The van der Waals surface area contributed by atoms with Crippen LogP contribution < -0.4 is 18.9 Å². The van der Waals surface area contributed by atoms with E-state index in [1.165, 1.54) is 0 Å². The van der Waals surface area contributed by atoms with Gasteiger partial charge < -0.3 is 23.9 Å². The normalized spacial score (nSPS) is 14.0. The van der Waals surface area contributed by atoms with Crippen molar-refractivity contribution in [2.24, 2.45) is 4.99 Å². The van der Waals surface area contributed by atoms with Gasteiger partial charge in [-0.15, -0.1) is 0 Å². The zero-order valence-corrected chi connectivity index (χ0v) is 18.3. The van der Waals surface area contributed by atoms with Gasteiger partial charge in [0.2, 0.25) is 13.6 Å². The van der Waals surface area contributed by atoms with E-state index >= 15 is 0 Å². The quantitative estimate of drug-likeness (QED) is 0.365. The molecule has 1 aromatic heterocycles. The van der Waals surface area contributed by atoms with Crippen LogP contribution in [0.1, 0.15) is 5.56 Å². The van der Waals surface area contributed by atoms with Crippen LogP contribution in [0, 0.1) is 0 Å². The topological polar surface area (TPSA) is 78.0 Å². The number of nitrogens with zero attached hydrogens (tertiary/aromatic N) is 2. The maximum atomic E-state index is 5.96. The van der Waals surface area contributed by atoms with Gasteiger partial charge in [-0.3, -0.25) is 4.99 Å². The molecule has 2 aliphatic rings. The number of nitrogens with one attached hydrogen (secondary N) is 1. The van der Waals surface area contributed by atoms with Crippen LogP contribution in [0.4, 0.5) is 0 Å². The van der Waals surface area contributed by atoms with E-state index in [2.05, 4.69) is 51.4 Å². The summed E-state index contributed by atoms with van der Waals surface area (Å²) in [6.45, 7) is 0.422. The Labute approximate surface area is 194 Å². The summed E-state index contributed by atoms with van der Waals surface area (Å²) in [7, 11) is 1.76. The molecule has 4 aromatic carbocycles. The number of rotatable bonds is 3. The van der Waals surface area contributed by atoms with Crippen LogP contribution in [0.5, 0.6) is 23.0 Å². The minimum Gasteiger partial charge on any atom is -0.454 e. The molecule has 0 saturated heterocycles. The summed E-state index contributed by atoms with van der Waals surface area (Å²) < 4.78 is 23.0. The molecule has 0 amide bonds. The first kappa shape index (κ1) is 19.0. The van der Waals surface area contributed by atoms with Gasteiger partial charge in [-0.1, -0.05) is 18.2 Å². The molecule has 5 aromatic rings.